The molecule has 17 heavy (non-hydrogen) atoms. The van der Waals surface area contributed by atoms with Crippen LogP contribution in [-0.4, -0.2) is 13.1 Å². The molecular formula is C15H24BrN. The Kier molecular flexibility index (Phi) is 5.68. The molecule has 0 saturated heterocycles. The summed E-state index contributed by atoms with van der Waals surface area (Å²) < 4.78 is 1.17. The molecule has 0 amide bonds. The quantitative estimate of drug-likeness (QED) is 0.827. The molecule has 1 nitrogen and oxygen atoms in total. The molecule has 0 aliphatic carbocycles. The van der Waals surface area contributed by atoms with Crippen LogP contribution < -0.4 is 5.32 Å². The van der Waals surface area contributed by atoms with E-state index >= 15 is 0 Å². The summed E-state index contributed by atoms with van der Waals surface area (Å²) in [6.07, 6.45) is 1.11. The highest BCUT2D eigenvalue weighted by Crippen LogP contribution is 2.22. The average Bonchev–Trinajstić information content (AvgIpc) is 2.15. The van der Waals surface area contributed by atoms with Gasteiger partial charge in [-0.1, -0.05) is 55.8 Å². The summed E-state index contributed by atoms with van der Waals surface area (Å²) in [5.74, 6) is 0.719. The topological polar surface area (TPSA) is 12.0 Å². The van der Waals surface area contributed by atoms with E-state index in [2.05, 4.69) is 73.2 Å². The molecule has 0 saturated carbocycles. The van der Waals surface area contributed by atoms with E-state index < -0.39 is 0 Å². The smallest absolute Gasteiger partial charge is 0.0177 e. The zero-order chi connectivity index (χ0) is 12.9. The van der Waals surface area contributed by atoms with Crippen LogP contribution in [0.2, 0.25) is 0 Å². The van der Waals surface area contributed by atoms with Crippen LogP contribution >= 0.6 is 15.9 Å². The molecular weight excluding hydrogens is 274 g/mol. The normalized spacial score (nSPS) is 12.1. The highest BCUT2D eigenvalue weighted by Gasteiger charge is 2.18. The van der Waals surface area contributed by atoms with Crippen LogP contribution in [0, 0.1) is 11.3 Å². The third-order valence-electron chi connectivity index (χ3n) is 2.73. The average molecular weight is 298 g/mol. The van der Waals surface area contributed by atoms with Gasteiger partial charge in [-0.25, -0.2) is 0 Å². The SMILES string of the molecule is CC(C)CNCC(C)(C)Cc1cccc(Br)c1. The van der Waals surface area contributed by atoms with Crippen molar-refractivity contribution >= 4 is 15.9 Å². The highest BCUT2D eigenvalue weighted by molar-refractivity contribution is 9.10. The van der Waals surface area contributed by atoms with E-state index in [0.717, 1.165) is 25.4 Å². The van der Waals surface area contributed by atoms with Gasteiger partial charge < -0.3 is 5.32 Å². The van der Waals surface area contributed by atoms with Gasteiger partial charge in [0.15, 0.2) is 0 Å². The fraction of sp³-hybridized carbons (Fsp3) is 0.600. The van der Waals surface area contributed by atoms with Gasteiger partial charge in [0.05, 0.1) is 0 Å². The Bertz CT molecular complexity index is 345. The Morgan fingerprint density at radius 2 is 2.00 bits per heavy atom. The minimum Gasteiger partial charge on any atom is -0.316 e. The van der Waals surface area contributed by atoms with Gasteiger partial charge in [0.25, 0.3) is 0 Å². The molecule has 1 rings (SSSR count). The molecule has 0 unspecified atom stereocenters. The summed E-state index contributed by atoms with van der Waals surface area (Å²) in [5, 5.41) is 3.55. The van der Waals surface area contributed by atoms with Crippen LogP contribution in [-0.2, 0) is 6.42 Å². The van der Waals surface area contributed by atoms with Crippen molar-refractivity contribution in [1.29, 1.82) is 0 Å². The van der Waals surface area contributed by atoms with Crippen molar-refractivity contribution in [1.82, 2.24) is 5.32 Å². The molecule has 0 aliphatic rings. The Morgan fingerprint density at radius 3 is 2.59 bits per heavy atom. The molecule has 0 bridgehead atoms. The fourth-order valence-electron chi connectivity index (χ4n) is 1.96. The molecule has 0 fully saturated rings. The summed E-state index contributed by atoms with van der Waals surface area (Å²) in [4.78, 5) is 0. The van der Waals surface area contributed by atoms with Gasteiger partial charge in [0, 0.05) is 11.0 Å². The molecule has 0 atom stereocenters. The monoisotopic (exact) mass is 297 g/mol. The van der Waals surface area contributed by atoms with Gasteiger partial charge in [-0.3, -0.25) is 0 Å². The first-order chi connectivity index (χ1) is 7.89. The van der Waals surface area contributed by atoms with Gasteiger partial charge >= 0.3 is 0 Å². The number of hydrogen-bond acceptors (Lipinski definition) is 1. The van der Waals surface area contributed by atoms with E-state index in [1.165, 1.54) is 10.0 Å². The Hall–Kier alpha value is -0.340. The van der Waals surface area contributed by atoms with E-state index in [-0.39, 0.29) is 0 Å². The lowest BCUT2D eigenvalue weighted by Gasteiger charge is -2.26. The lowest BCUT2D eigenvalue weighted by atomic mass is 9.85. The molecule has 1 aromatic carbocycles. The van der Waals surface area contributed by atoms with Crippen molar-refractivity contribution in [3.8, 4) is 0 Å². The lowest BCUT2D eigenvalue weighted by Crippen LogP contribution is -2.33. The van der Waals surface area contributed by atoms with Crippen molar-refractivity contribution in [2.75, 3.05) is 13.1 Å². The molecule has 0 aromatic heterocycles. The summed E-state index contributed by atoms with van der Waals surface area (Å²) >= 11 is 3.53. The first-order valence-electron chi connectivity index (χ1n) is 6.34. The summed E-state index contributed by atoms with van der Waals surface area (Å²) in [5.41, 5.74) is 1.70. The van der Waals surface area contributed by atoms with Crippen LogP contribution in [0.1, 0.15) is 33.3 Å². The maximum atomic E-state index is 3.55. The van der Waals surface area contributed by atoms with Crippen LogP contribution in [0.4, 0.5) is 0 Å². The van der Waals surface area contributed by atoms with E-state index in [9.17, 15) is 0 Å². The van der Waals surface area contributed by atoms with Crippen molar-refractivity contribution in [3.05, 3.63) is 34.3 Å². The molecule has 1 aromatic rings. The zero-order valence-electron chi connectivity index (χ0n) is 11.4. The first kappa shape index (κ1) is 14.7. The minimum atomic E-state index is 0.301. The molecule has 1 N–H and O–H groups in total. The van der Waals surface area contributed by atoms with Crippen LogP contribution in [0.15, 0.2) is 28.7 Å². The van der Waals surface area contributed by atoms with E-state index in [4.69, 9.17) is 0 Å². The third kappa shape index (κ3) is 6.23. The largest absolute Gasteiger partial charge is 0.316 e. The second-order valence-electron chi connectivity index (χ2n) is 6.00. The van der Waals surface area contributed by atoms with Crippen molar-refractivity contribution in [3.63, 3.8) is 0 Å². The zero-order valence-corrected chi connectivity index (χ0v) is 13.0. The lowest BCUT2D eigenvalue weighted by molar-refractivity contribution is 0.330. The molecule has 0 spiro atoms. The van der Waals surface area contributed by atoms with Gasteiger partial charge in [0.1, 0.15) is 0 Å². The predicted molar refractivity (Wildman–Crippen MR) is 79.3 cm³/mol. The molecule has 0 radical (unpaired) electrons. The van der Waals surface area contributed by atoms with Crippen molar-refractivity contribution in [2.45, 2.75) is 34.1 Å². The Morgan fingerprint density at radius 1 is 1.29 bits per heavy atom. The van der Waals surface area contributed by atoms with Crippen LogP contribution in [0.25, 0.3) is 0 Å². The van der Waals surface area contributed by atoms with Crippen molar-refractivity contribution < 1.29 is 0 Å². The van der Waals surface area contributed by atoms with E-state index in [0.29, 0.717) is 5.41 Å². The number of nitrogens with one attached hydrogen (secondary N) is 1. The van der Waals surface area contributed by atoms with Crippen LogP contribution in [0.5, 0.6) is 0 Å². The standard InChI is InChI=1S/C15H24BrN/c1-12(2)10-17-11-15(3,4)9-13-6-5-7-14(16)8-13/h5-8,12,17H,9-11H2,1-4H3. The number of hydrogen-bond donors (Lipinski definition) is 1. The molecule has 0 aliphatic heterocycles. The Labute approximate surface area is 114 Å². The van der Waals surface area contributed by atoms with E-state index in [1.807, 2.05) is 0 Å². The van der Waals surface area contributed by atoms with Gasteiger partial charge in [-0.15, -0.1) is 0 Å². The fourth-order valence-corrected chi connectivity index (χ4v) is 2.41. The van der Waals surface area contributed by atoms with Gasteiger partial charge in [-0.05, 0) is 42.0 Å². The second-order valence-corrected chi connectivity index (χ2v) is 6.91. The number of benzene rings is 1. The number of halogens is 1. The maximum Gasteiger partial charge on any atom is 0.0177 e. The predicted octanol–water partition coefficient (Wildman–Crippen LogP) is 4.26. The summed E-state index contributed by atoms with van der Waals surface area (Å²) in [6.45, 7) is 11.3. The first-order valence-corrected chi connectivity index (χ1v) is 7.13. The van der Waals surface area contributed by atoms with Crippen LogP contribution in [0.3, 0.4) is 0 Å². The van der Waals surface area contributed by atoms with E-state index in [1.54, 1.807) is 0 Å². The number of rotatable bonds is 6. The third-order valence-corrected chi connectivity index (χ3v) is 3.22. The Balaban J connectivity index is 2.48. The minimum absolute atomic E-state index is 0.301. The summed E-state index contributed by atoms with van der Waals surface area (Å²) in [6, 6.07) is 8.60. The molecule has 0 heterocycles. The molecule has 2 heteroatoms. The second kappa shape index (κ2) is 6.55. The summed E-state index contributed by atoms with van der Waals surface area (Å²) in [7, 11) is 0. The highest BCUT2D eigenvalue weighted by atomic mass is 79.9. The van der Waals surface area contributed by atoms with Crippen molar-refractivity contribution in [2.24, 2.45) is 11.3 Å². The molecule has 96 valence electrons. The maximum absolute atomic E-state index is 3.55. The van der Waals surface area contributed by atoms with Gasteiger partial charge in [-0.2, -0.15) is 0 Å². The van der Waals surface area contributed by atoms with Gasteiger partial charge in [0.2, 0.25) is 0 Å².